The summed E-state index contributed by atoms with van der Waals surface area (Å²) in [6.45, 7) is 0. The molecule has 0 spiro atoms. The average molecular weight is 310 g/mol. The molecule has 0 amide bonds. The van der Waals surface area contributed by atoms with Gasteiger partial charge in [-0.1, -0.05) is 18.2 Å². The van der Waals surface area contributed by atoms with Crippen LogP contribution < -0.4 is 4.74 Å². The van der Waals surface area contributed by atoms with Crippen LogP contribution in [0.4, 0.5) is 8.78 Å². The van der Waals surface area contributed by atoms with E-state index in [1.807, 2.05) is 0 Å². The number of carboxylic acid groups (broad SMARTS) is 2. The van der Waals surface area contributed by atoms with Crippen molar-refractivity contribution in [2.45, 2.75) is 11.8 Å². The summed E-state index contributed by atoms with van der Waals surface area (Å²) in [5, 5.41) is 19.2. The van der Waals surface area contributed by atoms with Gasteiger partial charge in [0, 0.05) is 0 Å². The van der Waals surface area contributed by atoms with Crippen LogP contribution in [-0.2, 0) is 15.0 Å². The predicted molar refractivity (Wildman–Crippen MR) is 73.5 cm³/mol. The minimum absolute atomic E-state index is 0.436. The average Bonchev–Trinajstić information content (AvgIpc) is 2.46. The molecule has 0 bridgehead atoms. The summed E-state index contributed by atoms with van der Waals surface area (Å²) in [4.78, 5) is 22.5. The zero-order chi connectivity index (χ0) is 16.5. The first-order valence-electron chi connectivity index (χ1n) is 6.17. The predicted octanol–water partition coefficient (Wildman–Crippen LogP) is 2.52. The lowest BCUT2D eigenvalue weighted by Gasteiger charge is -2.24. The third-order valence-electron chi connectivity index (χ3n) is 3.50. The van der Waals surface area contributed by atoms with Crippen molar-refractivity contribution in [1.29, 1.82) is 0 Å². The van der Waals surface area contributed by atoms with Gasteiger partial charge in [0.05, 0.1) is 7.11 Å². The van der Waals surface area contributed by atoms with Gasteiger partial charge < -0.3 is 14.9 Å². The number of hydrogen-bond acceptors (Lipinski definition) is 3. The van der Waals surface area contributed by atoms with Crippen LogP contribution in [0.15, 0.2) is 36.4 Å². The Kier molecular flexibility index (Phi) is 3.99. The van der Waals surface area contributed by atoms with Gasteiger partial charge in [-0.2, -0.15) is 0 Å². The van der Waals surface area contributed by atoms with Crippen molar-refractivity contribution < 1.29 is 33.3 Å². The Morgan fingerprint density at radius 2 is 1.59 bits per heavy atom. The van der Waals surface area contributed by atoms with Crippen molar-refractivity contribution in [3.8, 4) is 5.75 Å². The first-order valence-corrected chi connectivity index (χ1v) is 6.17. The third kappa shape index (κ3) is 2.24. The highest BCUT2D eigenvalue weighted by atomic mass is 19.3. The summed E-state index contributed by atoms with van der Waals surface area (Å²) in [5.74, 6) is -3.68. The number of fused-ring (bicyclic) bond motifs is 1. The fraction of sp³-hybridized carbons (Fsp3) is 0.200. The van der Waals surface area contributed by atoms with Crippen molar-refractivity contribution in [3.05, 3.63) is 42.0 Å². The SMILES string of the molecule is COc1ccc2cc(C(C(=O)O)(C(=O)O)C(F)F)ccc2c1. The van der Waals surface area contributed by atoms with Crippen LogP contribution >= 0.6 is 0 Å². The Bertz CT molecular complexity index is 728. The second kappa shape index (κ2) is 5.59. The van der Waals surface area contributed by atoms with Crippen molar-refractivity contribution in [2.24, 2.45) is 0 Å². The molecule has 0 heterocycles. The first-order chi connectivity index (χ1) is 10.3. The van der Waals surface area contributed by atoms with E-state index in [2.05, 4.69) is 0 Å². The van der Waals surface area contributed by atoms with Gasteiger partial charge in [-0.15, -0.1) is 0 Å². The van der Waals surface area contributed by atoms with Gasteiger partial charge in [-0.25, -0.2) is 8.78 Å². The maximum absolute atomic E-state index is 13.3. The second-order valence-corrected chi connectivity index (χ2v) is 4.65. The summed E-state index contributed by atoms with van der Waals surface area (Å²) >= 11 is 0. The van der Waals surface area contributed by atoms with Gasteiger partial charge in [0.25, 0.3) is 6.43 Å². The molecule has 0 atom stereocenters. The molecule has 7 heteroatoms. The van der Waals surface area contributed by atoms with Crippen LogP contribution in [0.2, 0.25) is 0 Å². The number of methoxy groups -OCH3 is 1. The monoisotopic (exact) mass is 310 g/mol. The van der Waals surface area contributed by atoms with Gasteiger partial charge in [0.2, 0.25) is 5.41 Å². The highest BCUT2D eigenvalue weighted by molar-refractivity contribution is 6.06. The van der Waals surface area contributed by atoms with E-state index >= 15 is 0 Å². The number of carboxylic acids is 2. The van der Waals surface area contributed by atoms with Crippen molar-refractivity contribution in [2.75, 3.05) is 7.11 Å². The Morgan fingerprint density at radius 1 is 1.05 bits per heavy atom. The molecule has 2 aromatic carbocycles. The van der Waals surface area contributed by atoms with E-state index in [9.17, 15) is 18.4 Å². The fourth-order valence-electron chi connectivity index (χ4n) is 2.25. The minimum atomic E-state index is -3.60. The lowest BCUT2D eigenvalue weighted by molar-refractivity contribution is -0.166. The molecule has 2 N–H and O–H groups in total. The Hall–Kier alpha value is -2.70. The van der Waals surface area contributed by atoms with Gasteiger partial charge >= 0.3 is 11.9 Å². The maximum Gasteiger partial charge on any atom is 0.331 e. The summed E-state index contributed by atoms with van der Waals surface area (Å²) < 4.78 is 31.6. The molecule has 116 valence electrons. The number of carbonyl (C=O) groups is 2. The molecule has 0 aliphatic carbocycles. The molecule has 0 radical (unpaired) electrons. The van der Waals surface area contributed by atoms with Gasteiger partial charge in [-0.05, 0) is 34.5 Å². The molecule has 0 aromatic heterocycles. The summed E-state index contributed by atoms with van der Waals surface area (Å²) in [5.41, 5.74) is -3.78. The molecule has 5 nitrogen and oxygen atoms in total. The molecule has 2 rings (SSSR count). The summed E-state index contributed by atoms with van der Waals surface area (Å²) in [6, 6.07) is 8.34. The number of rotatable bonds is 5. The molecule has 0 fully saturated rings. The highest BCUT2D eigenvalue weighted by Crippen LogP contribution is 2.34. The quantitative estimate of drug-likeness (QED) is 0.829. The number of aliphatic carboxylic acids is 2. The maximum atomic E-state index is 13.3. The molecule has 0 aliphatic rings. The van der Waals surface area contributed by atoms with Crippen LogP contribution in [-0.4, -0.2) is 35.7 Å². The number of alkyl halides is 2. The zero-order valence-corrected chi connectivity index (χ0v) is 11.4. The minimum Gasteiger partial charge on any atom is -0.497 e. The van der Waals surface area contributed by atoms with Crippen molar-refractivity contribution in [1.82, 2.24) is 0 Å². The lowest BCUT2D eigenvalue weighted by atomic mass is 9.80. The molecule has 0 aliphatic heterocycles. The molecule has 2 aromatic rings. The molecule has 0 saturated heterocycles. The van der Waals surface area contributed by atoms with E-state index in [0.717, 1.165) is 12.1 Å². The standard InChI is InChI=1S/C15H12F2O5/c1-22-11-5-3-8-6-10(4-2-9(8)7-11)15(12(16)17,13(18)19)14(20)21/h2-7,12H,1H3,(H,18,19)(H,20,21). The Morgan fingerprint density at radius 3 is 2.09 bits per heavy atom. The van der Waals surface area contributed by atoms with E-state index in [0.29, 0.717) is 16.5 Å². The largest absolute Gasteiger partial charge is 0.497 e. The fourth-order valence-corrected chi connectivity index (χ4v) is 2.25. The van der Waals surface area contributed by atoms with Crippen molar-refractivity contribution in [3.63, 3.8) is 0 Å². The number of hydrogen-bond donors (Lipinski definition) is 2. The normalized spacial score (nSPS) is 11.6. The number of ether oxygens (including phenoxy) is 1. The van der Waals surface area contributed by atoms with Crippen LogP contribution in [0.5, 0.6) is 5.75 Å². The number of halogens is 2. The van der Waals surface area contributed by atoms with Crippen LogP contribution in [0.25, 0.3) is 10.8 Å². The van der Waals surface area contributed by atoms with Gasteiger partial charge in [-0.3, -0.25) is 9.59 Å². The Balaban J connectivity index is 2.70. The topological polar surface area (TPSA) is 83.8 Å². The smallest absolute Gasteiger partial charge is 0.331 e. The molecular weight excluding hydrogens is 298 g/mol. The third-order valence-corrected chi connectivity index (χ3v) is 3.50. The van der Waals surface area contributed by atoms with Crippen molar-refractivity contribution >= 4 is 22.7 Å². The summed E-state index contributed by atoms with van der Waals surface area (Å²) in [7, 11) is 1.46. The summed E-state index contributed by atoms with van der Waals surface area (Å²) in [6.07, 6.45) is -3.60. The van der Waals surface area contributed by atoms with E-state index in [1.165, 1.54) is 19.2 Å². The van der Waals surface area contributed by atoms with Crippen LogP contribution in [0.3, 0.4) is 0 Å². The van der Waals surface area contributed by atoms with E-state index < -0.39 is 29.3 Å². The van der Waals surface area contributed by atoms with Crippen LogP contribution in [0.1, 0.15) is 5.56 Å². The molecular formula is C15H12F2O5. The second-order valence-electron chi connectivity index (χ2n) is 4.65. The number of benzene rings is 2. The molecule has 0 unspecified atom stereocenters. The molecule has 22 heavy (non-hydrogen) atoms. The molecule has 0 saturated carbocycles. The lowest BCUT2D eigenvalue weighted by Crippen LogP contribution is -2.49. The zero-order valence-electron chi connectivity index (χ0n) is 11.4. The van der Waals surface area contributed by atoms with Gasteiger partial charge in [0.15, 0.2) is 0 Å². The first kappa shape index (κ1) is 15.7. The van der Waals surface area contributed by atoms with Gasteiger partial charge in [0.1, 0.15) is 5.75 Å². The Labute approximate surface area is 123 Å². The van der Waals surface area contributed by atoms with E-state index in [1.54, 1.807) is 12.1 Å². The van der Waals surface area contributed by atoms with E-state index in [-0.39, 0.29) is 0 Å². The van der Waals surface area contributed by atoms with Crippen LogP contribution in [0, 0.1) is 0 Å². The van der Waals surface area contributed by atoms with E-state index in [4.69, 9.17) is 14.9 Å². The highest BCUT2D eigenvalue weighted by Gasteiger charge is 2.56.